The van der Waals surface area contributed by atoms with Crippen LogP contribution in [0.2, 0.25) is 0 Å². The Labute approximate surface area is 137 Å². The van der Waals surface area contributed by atoms with E-state index in [-0.39, 0.29) is 5.91 Å². The van der Waals surface area contributed by atoms with Gasteiger partial charge in [0.1, 0.15) is 0 Å². The predicted octanol–water partition coefficient (Wildman–Crippen LogP) is 2.90. The Morgan fingerprint density at radius 1 is 1.23 bits per heavy atom. The number of hydrogen-bond acceptors (Lipinski definition) is 4. The highest BCUT2D eigenvalue weighted by molar-refractivity contribution is 9.10. The maximum absolute atomic E-state index is 12.1. The molecule has 1 aliphatic rings. The SMILES string of the molecule is O=C(CCc1ncc(-c2ccc(Br)cc2)o1)N1CCOCC1. The molecule has 116 valence electrons. The monoisotopic (exact) mass is 364 g/mol. The van der Waals surface area contributed by atoms with Crippen molar-refractivity contribution in [3.8, 4) is 11.3 Å². The van der Waals surface area contributed by atoms with E-state index >= 15 is 0 Å². The fourth-order valence-electron chi connectivity index (χ4n) is 2.36. The Kier molecular flexibility index (Phi) is 4.90. The Morgan fingerprint density at radius 3 is 2.68 bits per heavy atom. The molecule has 0 radical (unpaired) electrons. The van der Waals surface area contributed by atoms with Crippen molar-refractivity contribution < 1.29 is 13.9 Å². The molecule has 5 nitrogen and oxygen atoms in total. The van der Waals surface area contributed by atoms with E-state index in [2.05, 4.69) is 20.9 Å². The lowest BCUT2D eigenvalue weighted by atomic mass is 10.2. The van der Waals surface area contributed by atoms with E-state index in [1.165, 1.54) is 0 Å². The second kappa shape index (κ2) is 7.07. The van der Waals surface area contributed by atoms with Crippen molar-refractivity contribution in [2.45, 2.75) is 12.8 Å². The Balaban J connectivity index is 1.57. The summed E-state index contributed by atoms with van der Waals surface area (Å²) in [6.45, 7) is 2.60. The van der Waals surface area contributed by atoms with Crippen LogP contribution in [0.25, 0.3) is 11.3 Å². The summed E-state index contributed by atoms with van der Waals surface area (Å²) < 4.78 is 12.0. The lowest BCUT2D eigenvalue weighted by Gasteiger charge is -2.26. The standard InChI is InChI=1S/C16H17BrN2O3/c17-13-3-1-12(2-4-13)14-11-18-15(22-14)5-6-16(20)19-7-9-21-10-8-19/h1-4,11H,5-10H2. The molecule has 1 aromatic carbocycles. The van der Waals surface area contributed by atoms with Gasteiger partial charge in [-0.15, -0.1) is 0 Å². The maximum Gasteiger partial charge on any atom is 0.223 e. The fraction of sp³-hybridized carbons (Fsp3) is 0.375. The molecular weight excluding hydrogens is 348 g/mol. The molecule has 1 saturated heterocycles. The molecule has 1 aliphatic heterocycles. The molecular formula is C16H17BrN2O3. The van der Waals surface area contributed by atoms with Crippen LogP contribution in [0.5, 0.6) is 0 Å². The molecule has 0 bridgehead atoms. The highest BCUT2D eigenvalue weighted by Crippen LogP contribution is 2.23. The molecule has 1 amide bonds. The highest BCUT2D eigenvalue weighted by Gasteiger charge is 2.17. The van der Waals surface area contributed by atoms with Crippen LogP contribution < -0.4 is 0 Å². The van der Waals surface area contributed by atoms with Gasteiger partial charge in [-0.1, -0.05) is 28.1 Å². The third-order valence-corrected chi connectivity index (χ3v) is 4.13. The minimum atomic E-state index is 0.131. The fourth-order valence-corrected chi connectivity index (χ4v) is 2.62. The van der Waals surface area contributed by atoms with E-state index in [1.54, 1.807) is 6.20 Å². The van der Waals surface area contributed by atoms with Crippen LogP contribution in [0.15, 0.2) is 39.4 Å². The normalized spacial score (nSPS) is 15.0. The molecule has 0 N–H and O–H groups in total. The van der Waals surface area contributed by atoms with Crippen molar-refractivity contribution >= 4 is 21.8 Å². The topological polar surface area (TPSA) is 55.6 Å². The average Bonchev–Trinajstić information content (AvgIpc) is 3.03. The molecule has 0 aliphatic carbocycles. The van der Waals surface area contributed by atoms with Gasteiger partial charge >= 0.3 is 0 Å². The zero-order valence-corrected chi connectivity index (χ0v) is 13.7. The van der Waals surface area contributed by atoms with Gasteiger partial charge in [0, 0.05) is 36.0 Å². The third kappa shape index (κ3) is 3.75. The summed E-state index contributed by atoms with van der Waals surface area (Å²) in [5.74, 6) is 1.45. The summed E-state index contributed by atoms with van der Waals surface area (Å²) in [7, 11) is 0. The van der Waals surface area contributed by atoms with Gasteiger partial charge in [-0.3, -0.25) is 4.79 Å². The third-order valence-electron chi connectivity index (χ3n) is 3.60. The number of nitrogens with zero attached hydrogens (tertiary/aromatic N) is 2. The number of oxazole rings is 1. The van der Waals surface area contributed by atoms with Gasteiger partial charge in [0.05, 0.1) is 19.4 Å². The van der Waals surface area contributed by atoms with Gasteiger partial charge in [-0.25, -0.2) is 4.98 Å². The average molecular weight is 365 g/mol. The first kappa shape index (κ1) is 15.2. The Hall–Kier alpha value is -1.66. The first-order chi connectivity index (χ1) is 10.7. The highest BCUT2D eigenvalue weighted by atomic mass is 79.9. The summed E-state index contributed by atoms with van der Waals surface area (Å²) in [5, 5.41) is 0. The number of morpholine rings is 1. The van der Waals surface area contributed by atoms with E-state index in [0.29, 0.717) is 45.0 Å². The van der Waals surface area contributed by atoms with Gasteiger partial charge < -0.3 is 14.1 Å². The second-order valence-corrected chi connectivity index (χ2v) is 6.03. The molecule has 2 heterocycles. The molecule has 2 aromatic rings. The molecule has 1 aromatic heterocycles. The Morgan fingerprint density at radius 2 is 1.95 bits per heavy atom. The zero-order chi connectivity index (χ0) is 15.4. The van der Waals surface area contributed by atoms with Crippen molar-refractivity contribution in [2.75, 3.05) is 26.3 Å². The number of ether oxygens (including phenoxy) is 1. The second-order valence-electron chi connectivity index (χ2n) is 5.12. The van der Waals surface area contributed by atoms with Crippen LogP contribution in [0.1, 0.15) is 12.3 Å². The summed E-state index contributed by atoms with van der Waals surface area (Å²) in [5.41, 5.74) is 0.974. The maximum atomic E-state index is 12.1. The lowest BCUT2D eigenvalue weighted by Crippen LogP contribution is -2.40. The molecule has 1 fully saturated rings. The largest absolute Gasteiger partial charge is 0.441 e. The van der Waals surface area contributed by atoms with Crippen LogP contribution in [-0.2, 0) is 16.0 Å². The number of halogens is 1. The number of rotatable bonds is 4. The van der Waals surface area contributed by atoms with Gasteiger partial charge in [0.2, 0.25) is 5.91 Å². The van der Waals surface area contributed by atoms with E-state index in [1.807, 2.05) is 29.2 Å². The smallest absolute Gasteiger partial charge is 0.223 e. The van der Waals surface area contributed by atoms with E-state index in [9.17, 15) is 4.79 Å². The van der Waals surface area contributed by atoms with Gasteiger partial charge in [0.25, 0.3) is 0 Å². The quantitative estimate of drug-likeness (QED) is 0.836. The van der Waals surface area contributed by atoms with Crippen LogP contribution in [-0.4, -0.2) is 42.1 Å². The number of benzene rings is 1. The van der Waals surface area contributed by atoms with E-state index < -0.39 is 0 Å². The minimum absolute atomic E-state index is 0.131. The molecule has 0 saturated carbocycles. The van der Waals surface area contributed by atoms with Gasteiger partial charge in [-0.2, -0.15) is 0 Å². The van der Waals surface area contributed by atoms with Crippen LogP contribution >= 0.6 is 15.9 Å². The molecule has 0 spiro atoms. The first-order valence-electron chi connectivity index (χ1n) is 7.28. The number of carbonyl (C=O) groups excluding carboxylic acids is 1. The summed E-state index contributed by atoms with van der Waals surface area (Å²) >= 11 is 3.40. The number of aryl methyl sites for hydroxylation is 1. The number of amides is 1. The molecule has 6 heteroatoms. The predicted molar refractivity (Wildman–Crippen MR) is 85.4 cm³/mol. The summed E-state index contributed by atoms with van der Waals surface area (Å²) in [6.07, 6.45) is 2.64. The van der Waals surface area contributed by atoms with Crippen molar-refractivity contribution in [1.29, 1.82) is 0 Å². The molecule has 22 heavy (non-hydrogen) atoms. The van der Waals surface area contributed by atoms with Crippen molar-refractivity contribution in [3.63, 3.8) is 0 Å². The van der Waals surface area contributed by atoms with E-state index in [0.717, 1.165) is 15.8 Å². The Bertz CT molecular complexity index is 633. The van der Waals surface area contributed by atoms with Gasteiger partial charge in [0.15, 0.2) is 11.7 Å². The van der Waals surface area contributed by atoms with Gasteiger partial charge in [-0.05, 0) is 12.1 Å². The van der Waals surface area contributed by atoms with Crippen molar-refractivity contribution in [2.24, 2.45) is 0 Å². The molecule has 3 rings (SSSR count). The summed E-state index contributed by atoms with van der Waals surface area (Å²) in [4.78, 5) is 18.2. The first-order valence-corrected chi connectivity index (χ1v) is 8.08. The van der Waals surface area contributed by atoms with Crippen molar-refractivity contribution in [3.05, 3.63) is 40.8 Å². The lowest BCUT2D eigenvalue weighted by molar-refractivity contribution is -0.135. The van der Waals surface area contributed by atoms with Crippen LogP contribution in [0, 0.1) is 0 Å². The van der Waals surface area contributed by atoms with E-state index in [4.69, 9.17) is 9.15 Å². The van der Waals surface area contributed by atoms with Crippen LogP contribution in [0.4, 0.5) is 0 Å². The summed E-state index contributed by atoms with van der Waals surface area (Å²) in [6, 6.07) is 7.85. The minimum Gasteiger partial charge on any atom is -0.441 e. The molecule has 0 atom stereocenters. The number of hydrogen-bond donors (Lipinski definition) is 0. The van der Waals surface area contributed by atoms with Crippen LogP contribution in [0.3, 0.4) is 0 Å². The molecule has 0 unspecified atom stereocenters. The number of carbonyl (C=O) groups is 1. The zero-order valence-electron chi connectivity index (χ0n) is 12.1. The van der Waals surface area contributed by atoms with Crippen molar-refractivity contribution in [1.82, 2.24) is 9.88 Å². The number of aromatic nitrogens is 1.